The van der Waals surface area contributed by atoms with Crippen molar-refractivity contribution >= 4 is 19.2 Å². The van der Waals surface area contributed by atoms with E-state index in [9.17, 15) is 0 Å². The lowest BCUT2D eigenvalue weighted by molar-refractivity contribution is 0.178. The molecule has 88 valence electrons. The van der Waals surface area contributed by atoms with Gasteiger partial charge in [-0.15, -0.1) is 0 Å². The lowest BCUT2D eigenvalue weighted by atomic mass is 10.4. The normalized spacial score (nSPS) is 12.6. The average molecular weight is 242 g/mol. The summed E-state index contributed by atoms with van der Waals surface area (Å²) in [6.07, 6.45) is 0. The molecule has 0 amide bonds. The summed E-state index contributed by atoms with van der Waals surface area (Å²) in [4.78, 5) is 0. The summed E-state index contributed by atoms with van der Waals surface area (Å²) < 4.78 is 5.58. The Hall–Kier alpha value is -1.38. The molecule has 1 atom stereocenters. The van der Waals surface area contributed by atoms with Gasteiger partial charge in [-0.05, 0) is 6.92 Å². The van der Waals surface area contributed by atoms with Crippen LogP contribution >= 0.6 is 0 Å². The van der Waals surface area contributed by atoms with Crippen LogP contribution < -0.4 is 10.4 Å². The highest BCUT2D eigenvalue weighted by Gasteiger charge is 2.22. The molecule has 0 fully saturated rings. The van der Waals surface area contributed by atoms with Gasteiger partial charge in [-0.1, -0.05) is 71.0 Å². The predicted molar refractivity (Wildman–Crippen MR) is 75.8 cm³/mol. The Morgan fingerprint density at radius 1 is 0.824 bits per heavy atom. The first-order chi connectivity index (χ1) is 8.33. The van der Waals surface area contributed by atoms with E-state index in [-0.39, 0.29) is 0 Å². The zero-order valence-electron chi connectivity index (χ0n) is 10.3. The van der Waals surface area contributed by atoms with E-state index in [1.54, 1.807) is 7.11 Å². The molecule has 0 heterocycles. The molecule has 2 aromatic carbocycles. The van der Waals surface area contributed by atoms with Crippen LogP contribution in [0.15, 0.2) is 60.7 Å². The van der Waals surface area contributed by atoms with Gasteiger partial charge in [-0.25, -0.2) is 0 Å². The van der Waals surface area contributed by atoms with Crippen molar-refractivity contribution in [3.63, 3.8) is 0 Å². The van der Waals surface area contributed by atoms with Gasteiger partial charge >= 0.3 is 0 Å². The molecule has 2 heteroatoms. The lowest BCUT2D eigenvalue weighted by Crippen LogP contribution is -2.51. The third-order valence-corrected chi connectivity index (χ3v) is 6.58. The summed E-state index contributed by atoms with van der Waals surface area (Å²) in [5.74, 6) is 0. The zero-order chi connectivity index (χ0) is 12.1. The van der Waals surface area contributed by atoms with Crippen molar-refractivity contribution in [2.24, 2.45) is 0 Å². The molecule has 0 saturated carbocycles. The Morgan fingerprint density at radius 2 is 1.24 bits per heavy atom. The largest absolute Gasteiger partial charge is 0.385 e. The predicted octanol–water partition coefficient (Wildman–Crippen LogP) is 1.60. The first kappa shape index (κ1) is 12.1. The number of hydrogen-bond acceptors (Lipinski definition) is 1. The molecular weight excluding hydrogens is 224 g/mol. The third-order valence-electron chi connectivity index (χ3n) is 3.16. The van der Waals surface area contributed by atoms with Gasteiger partial charge in [0.1, 0.15) is 8.80 Å². The molecule has 0 aliphatic heterocycles. The molecule has 0 radical (unpaired) electrons. The molecule has 2 aromatic rings. The summed E-state index contributed by atoms with van der Waals surface area (Å²) in [5, 5.41) is 2.88. The van der Waals surface area contributed by atoms with Crippen LogP contribution in [0.2, 0.25) is 0 Å². The molecule has 0 spiro atoms. The number of benzene rings is 2. The van der Waals surface area contributed by atoms with Crippen LogP contribution in [-0.2, 0) is 4.74 Å². The van der Waals surface area contributed by atoms with E-state index >= 15 is 0 Å². The van der Waals surface area contributed by atoms with Gasteiger partial charge < -0.3 is 4.74 Å². The van der Waals surface area contributed by atoms with Crippen LogP contribution in [0.4, 0.5) is 0 Å². The van der Waals surface area contributed by atoms with Crippen molar-refractivity contribution in [1.29, 1.82) is 0 Å². The number of ether oxygens (including phenoxy) is 1. The molecule has 0 aromatic heterocycles. The first-order valence-corrected chi connectivity index (χ1v) is 7.77. The lowest BCUT2D eigenvalue weighted by Gasteiger charge is -2.22. The van der Waals surface area contributed by atoms with Crippen LogP contribution in [0, 0.1) is 0 Å². The van der Waals surface area contributed by atoms with Crippen LogP contribution in [-0.4, -0.2) is 21.6 Å². The van der Waals surface area contributed by atoms with Gasteiger partial charge in [-0.2, -0.15) is 0 Å². The smallest absolute Gasteiger partial charge is 0.134 e. The van der Waals surface area contributed by atoms with E-state index in [2.05, 4.69) is 67.6 Å². The van der Waals surface area contributed by atoms with Gasteiger partial charge in [0, 0.05) is 7.11 Å². The third kappa shape index (κ3) is 2.84. The zero-order valence-corrected chi connectivity index (χ0v) is 11.5. The maximum Gasteiger partial charge on any atom is 0.134 e. The van der Waals surface area contributed by atoms with Gasteiger partial charge in [0.05, 0.1) is 5.73 Å². The number of methoxy groups -OCH3 is 1. The van der Waals surface area contributed by atoms with Crippen molar-refractivity contribution < 1.29 is 4.74 Å². The van der Waals surface area contributed by atoms with Crippen molar-refractivity contribution in [3.05, 3.63) is 60.7 Å². The van der Waals surface area contributed by atoms with E-state index < -0.39 is 8.80 Å². The maximum absolute atomic E-state index is 5.58. The van der Waals surface area contributed by atoms with E-state index in [0.29, 0.717) is 5.73 Å². The van der Waals surface area contributed by atoms with Crippen LogP contribution in [0.3, 0.4) is 0 Å². The Balaban J connectivity index is 2.39. The first-order valence-electron chi connectivity index (χ1n) is 5.95. The minimum absolute atomic E-state index is 0.305. The quantitative estimate of drug-likeness (QED) is 0.740. The van der Waals surface area contributed by atoms with Gasteiger partial charge in [0.25, 0.3) is 0 Å². The summed E-state index contributed by atoms with van der Waals surface area (Å²) >= 11 is 0. The second-order valence-electron chi connectivity index (χ2n) is 4.24. The van der Waals surface area contributed by atoms with Crippen molar-refractivity contribution in [1.82, 2.24) is 0 Å². The second-order valence-corrected chi connectivity index (χ2v) is 7.47. The summed E-state index contributed by atoms with van der Waals surface area (Å²) in [6.45, 7) is 2.18. The highest BCUT2D eigenvalue weighted by atomic mass is 28.3. The van der Waals surface area contributed by atoms with E-state index in [1.807, 2.05) is 0 Å². The van der Waals surface area contributed by atoms with Gasteiger partial charge in [-0.3, -0.25) is 0 Å². The van der Waals surface area contributed by atoms with E-state index in [0.717, 1.165) is 0 Å². The molecule has 1 unspecified atom stereocenters. The fourth-order valence-corrected chi connectivity index (χ4v) is 5.21. The second kappa shape index (κ2) is 5.80. The van der Waals surface area contributed by atoms with Crippen molar-refractivity contribution in [2.75, 3.05) is 7.11 Å². The van der Waals surface area contributed by atoms with Crippen LogP contribution in [0.25, 0.3) is 0 Å². The molecule has 17 heavy (non-hydrogen) atoms. The topological polar surface area (TPSA) is 9.23 Å². The minimum Gasteiger partial charge on any atom is -0.385 e. The Bertz CT molecular complexity index is 401. The van der Waals surface area contributed by atoms with Crippen molar-refractivity contribution in [3.8, 4) is 0 Å². The fraction of sp³-hybridized carbons (Fsp3) is 0.200. The van der Waals surface area contributed by atoms with Crippen LogP contribution in [0.5, 0.6) is 0 Å². The minimum atomic E-state index is -1.27. The summed E-state index contributed by atoms with van der Waals surface area (Å²) in [7, 11) is 0.535. The molecule has 0 saturated heterocycles. The Morgan fingerprint density at radius 3 is 1.59 bits per heavy atom. The average Bonchev–Trinajstić information content (AvgIpc) is 2.41. The van der Waals surface area contributed by atoms with E-state index in [4.69, 9.17) is 4.74 Å². The fourth-order valence-electron chi connectivity index (χ4n) is 2.19. The monoisotopic (exact) mass is 242 g/mol. The molecule has 0 N–H and O–H groups in total. The molecule has 1 nitrogen and oxygen atoms in total. The van der Waals surface area contributed by atoms with E-state index in [1.165, 1.54) is 10.4 Å². The van der Waals surface area contributed by atoms with Gasteiger partial charge in [0.2, 0.25) is 0 Å². The van der Waals surface area contributed by atoms with Gasteiger partial charge in [0.15, 0.2) is 0 Å². The highest BCUT2D eigenvalue weighted by molar-refractivity contribution is 6.86. The SMILES string of the molecule is COC(C)[SiH](c1ccccc1)c1ccccc1. The number of hydrogen-bond donors (Lipinski definition) is 0. The maximum atomic E-state index is 5.58. The molecule has 0 aliphatic carbocycles. The Kier molecular flexibility index (Phi) is 4.12. The summed E-state index contributed by atoms with van der Waals surface area (Å²) in [5.41, 5.74) is 0.305. The molecule has 2 rings (SSSR count). The molecule has 0 aliphatic rings. The number of rotatable bonds is 4. The van der Waals surface area contributed by atoms with Crippen molar-refractivity contribution in [2.45, 2.75) is 12.7 Å². The molecule has 0 bridgehead atoms. The standard InChI is InChI=1S/C15H18OSi/c1-13(16-2)17(14-9-5-3-6-10-14)15-11-7-4-8-12-15/h3-13,17H,1-2H3. The molecular formula is C15H18OSi. The Labute approximate surface area is 105 Å². The summed E-state index contributed by atoms with van der Waals surface area (Å²) in [6, 6.07) is 21.5. The highest BCUT2D eigenvalue weighted by Crippen LogP contribution is 2.00. The van der Waals surface area contributed by atoms with Crippen LogP contribution in [0.1, 0.15) is 6.92 Å².